The summed E-state index contributed by atoms with van der Waals surface area (Å²) >= 11 is 0. The van der Waals surface area contributed by atoms with Crippen LogP contribution in [0.15, 0.2) is 55.0 Å². The Morgan fingerprint density at radius 1 is 1.19 bits per heavy atom. The van der Waals surface area contributed by atoms with Crippen LogP contribution < -0.4 is 5.32 Å². The van der Waals surface area contributed by atoms with E-state index in [9.17, 15) is 14.9 Å². The van der Waals surface area contributed by atoms with Crippen LogP contribution in [-0.2, 0) is 6.54 Å². The first-order chi connectivity index (χ1) is 12.4. The van der Waals surface area contributed by atoms with Gasteiger partial charge in [-0.25, -0.2) is 4.98 Å². The number of amides is 1. The molecule has 7 nitrogen and oxygen atoms in total. The van der Waals surface area contributed by atoms with Crippen molar-refractivity contribution in [2.75, 3.05) is 5.32 Å². The van der Waals surface area contributed by atoms with E-state index in [1.165, 1.54) is 12.1 Å². The molecular weight excluding hydrogens is 332 g/mol. The molecule has 0 saturated carbocycles. The number of nitrogens with zero attached hydrogens (tertiary/aromatic N) is 3. The number of non-ortho nitro benzene ring substituents is 1. The summed E-state index contributed by atoms with van der Waals surface area (Å²) in [6.45, 7) is 4.42. The fourth-order valence-electron chi connectivity index (χ4n) is 2.57. The highest BCUT2D eigenvalue weighted by Crippen LogP contribution is 2.19. The molecule has 0 saturated heterocycles. The third-order valence-electron chi connectivity index (χ3n) is 4.23. The molecule has 0 atom stereocenters. The molecule has 7 heteroatoms. The smallest absolute Gasteiger partial charge is 0.275 e. The van der Waals surface area contributed by atoms with Gasteiger partial charge < -0.3 is 9.88 Å². The first kappa shape index (κ1) is 17.3. The lowest BCUT2D eigenvalue weighted by atomic mass is 10.1. The molecule has 132 valence electrons. The Morgan fingerprint density at radius 3 is 2.62 bits per heavy atom. The number of benzene rings is 2. The van der Waals surface area contributed by atoms with Crippen LogP contribution >= 0.6 is 0 Å². The van der Waals surface area contributed by atoms with Gasteiger partial charge in [-0.05, 0) is 36.6 Å². The predicted octanol–water partition coefficient (Wildman–Crippen LogP) is 3.71. The summed E-state index contributed by atoms with van der Waals surface area (Å²) in [6, 6.07) is 12.0. The quantitative estimate of drug-likeness (QED) is 0.561. The summed E-state index contributed by atoms with van der Waals surface area (Å²) in [5, 5.41) is 13.6. The molecule has 0 unspecified atom stereocenters. The molecule has 3 aromatic rings. The minimum absolute atomic E-state index is 0.0490. The summed E-state index contributed by atoms with van der Waals surface area (Å²) in [4.78, 5) is 26.8. The monoisotopic (exact) mass is 350 g/mol. The van der Waals surface area contributed by atoms with E-state index >= 15 is 0 Å². The third kappa shape index (κ3) is 3.77. The summed E-state index contributed by atoms with van der Waals surface area (Å²) in [5.74, 6) is -0.277. The molecule has 1 heterocycles. The largest absolute Gasteiger partial charge is 0.332 e. The lowest BCUT2D eigenvalue weighted by Crippen LogP contribution is -2.13. The SMILES string of the molecule is Cc1cccc(NC(=O)c2cn(Cc3ccc([N+](=O)[O-])cc3)cn2)c1C. The Labute approximate surface area is 150 Å². The number of aromatic nitrogens is 2. The van der Waals surface area contributed by atoms with Crippen LogP contribution in [0.25, 0.3) is 0 Å². The normalized spacial score (nSPS) is 10.5. The van der Waals surface area contributed by atoms with E-state index in [0.717, 1.165) is 22.4 Å². The molecular formula is C19H18N4O3. The van der Waals surface area contributed by atoms with Gasteiger partial charge in [-0.1, -0.05) is 24.3 Å². The standard InChI is InChI=1S/C19H18N4O3/c1-13-4-3-5-17(14(13)2)21-19(24)18-11-22(12-20-18)10-15-6-8-16(9-7-15)23(25)26/h3-9,11-12H,10H2,1-2H3,(H,21,24). The number of nitro groups is 1. The van der Waals surface area contributed by atoms with E-state index in [1.54, 1.807) is 29.2 Å². The fraction of sp³-hybridized carbons (Fsp3) is 0.158. The maximum absolute atomic E-state index is 12.4. The minimum atomic E-state index is -0.434. The van der Waals surface area contributed by atoms with Gasteiger partial charge in [-0.2, -0.15) is 0 Å². The van der Waals surface area contributed by atoms with Crippen LogP contribution in [0, 0.1) is 24.0 Å². The van der Waals surface area contributed by atoms with Crippen molar-refractivity contribution in [3.8, 4) is 0 Å². The number of imidazole rings is 1. The van der Waals surface area contributed by atoms with Crippen LogP contribution in [0.5, 0.6) is 0 Å². The predicted molar refractivity (Wildman–Crippen MR) is 98.3 cm³/mol. The van der Waals surface area contributed by atoms with Crippen molar-refractivity contribution in [2.45, 2.75) is 20.4 Å². The molecule has 0 aliphatic carbocycles. The van der Waals surface area contributed by atoms with Crippen molar-refractivity contribution in [1.29, 1.82) is 0 Å². The number of hydrogen-bond donors (Lipinski definition) is 1. The van der Waals surface area contributed by atoms with Crippen LogP contribution in [0.2, 0.25) is 0 Å². The third-order valence-corrected chi connectivity index (χ3v) is 4.23. The van der Waals surface area contributed by atoms with E-state index in [2.05, 4.69) is 10.3 Å². The van der Waals surface area contributed by atoms with Gasteiger partial charge in [0.1, 0.15) is 5.69 Å². The van der Waals surface area contributed by atoms with Gasteiger partial charge in [0.15, 0.2) is 0 Å². The molecule has 1 amide bonds. The van der Waals surface area contributed by atoms with E-state index in [1.807, 2.05) is 32.0 Å². The van der Waals surface area contributed by atoms with Crippen LogP contribution in [0.3, 0.4) is 0 Å². The highest BCUT2D eigenvalue weighted by molar-refractivity contribution is 6.03. The zero-order valence-corrected chi connectivity index (χ0v) is 14.5. The van der Waals surface area contributed by atoms with Crippen molar-refractivity contribution in [1.82, 2.24) is 9.55 Å². The van der Waals surface area contributed by atoms with Gasteiger partial charge in [0, 0.05) is 30.6 Å². The van der Waals surface area contributed by atoms with Crippen LogP contribution in [0.4, 0.5) is 11.4 Å². The maximum Gasteiger partial charge on any atom is 0.275 e. The summed E-state index contributed by atoms with van der Waals surface area (Å²) < 4.78 is 1.76. The number of aryl methyl sites for hydroxylation is 1. The molecule has 0 aliphatic rings. The molecule has 2 aromatic carbocycles. The molecule has 0 radical (unpaired) electrons. The number of hydrogen-bond acceptors (Lipinski definition) is 4. The van der Waals surface area contributed by atoms with Crippen LogP contribution in [0.1, 0.15) is 27.2 Å². The van der Waals surface area contributed by atoms with Gasteiger partial charge in [0.2, 0.25) is 0 Å². The van der Waals surface area contributed by atoms with Crippen molar-refractivity contribution in [2.24, 2.45) is 0 Å². The Bertz CT molecular complexity index is 961. The number of anilines is 1. The number of nitrogens with one attached hydrogen (secondary N) is 1. The molecule has 1 aromatic heterocycles. The first-order valence-electron chi connectivity index (χ1n) is 8.06. The van der Waals surface area contributed by atoms with Crippen molar-refractivity contribution in [3.63, 3.8) is 0 Å². The Morgan fingerprint density at radius 2 is 1.92 bits per heavy atom. The van der Waals surface area contributed by atoms with Gasteiger partial charge in [-0.15, -0.1) is 0 Å². The average molecular weight is 350 g/mol. The highest BCUT2D eigenvalue weighted by atomic mass is 16.6. The maximum atomic E-state index is 12.4. The van der Waals surface area contributed by atoms with Crippen molar-refractivity contribution >= 4 is 17.3 Å². The second kappa shape index (κ2) is 7.18. The Hall–Kier alpha value is -3.48. The minimum Gasteiger partial charge on any atom is -0.332 e. The Balaban J connectivity index is 1.70. The summed E-state index contributed by atoms with van der Waals surface area (Å²) in [6.07, 6.45) is 3.22. The number of carbonyl (C=O) groups is 1. The van der Waals surface area contributed by atoms with E-state index < -0.39 is 4.92 Å². The van der Waals surface area contributed by atoms with Crippen molar-refractivity contribution < 1.29 is 9.72 Å². The van der Waals surface area contributed by atoms with Gasteiger partial charge >= 0.3 is 0 Å². The zero-order valence-electron chi connectivity index (χ0n) is 14.5. The molecule has 0 spiro atoms. The Kier molecular flexibility index (Phi) is 4.79. The molecule has 0 fully saturated rings. The number of carbonyl (C=O) groups excluding carboxylic acids is 1. The fourth-order valence-corrected chi connectivity index (χ4v) is 2.57. The van der Waals surface area contributed by atoms with Gasteiger partial charge in [-0.3, -0.25) is 14.9 Å². The summed E-state index contributed by atoms with van der Waals surface area (Å²) in [5.41, 5.74) is 4.13. The molecule has 0 bridgehead atoms. The van der Waals surface area contributed by atoms with E-state index in [-0.39, 0.29) is 11.6 Å². The molecule has 0 aliphatic heterocycles. The van der Waals surface area contributed by atoms with Crippen molar-refractivity contribution in [3.05, 3.63) is 87.5 Å². The summed E-state index contributed by atoms with van der Waals surface area (Å²) in [7, 11) is 0. The molecule has 3 rings (SSSR count). The zero-order chi connectivity index (χ0) is 18.7. The average Bonchev–Trinajstić information content (AvgIpc) is 3.08. The lowest BCUT2D eigenvalue weighted by Gasteiger charge is -2.09. The van der Waals surface area contributed by atoms with E-state index in [0.29, 0.717) is 12.2 Å². The van der Waals surface area contributed by atoms with Crippen LogP contribution in [-0.4, -0.2) is 20.4 Å². The number of rotatable bonds is 5. The topological polar surface area (TPSA) is 90.1 Å². The second-order valence-corrected chi connectivity index (χ2v) is 6.06. The highest BCUT2D eigenvalue weighted by Gasteiger charge is 2.12. The molecule has 1 N–H and O–H groups in total. The van der Waals surface area contributed by atoms with E-state index in [4.69, 9.17) is 0 Å². The molecule has 26 heavy (non-hydrogen) atoms. The number of nitro benzene ring substituents is 1. The second-order valence-electron chi connectivity index (χ2n) is 6.06. The lowest BCUT2D eigenvalue weighted by molar-refractivity contribution is -0.384. The van der Waals surface area contributed by atoms with Gasteiger partial charge in [0.25, 0.3) is 11.6 Å². The first-order valence-corrected chi connectivity index (χ1v) is 8.06. The van der Waals surface area contributed by atoms with Gasteiger partial charge in [0.05, 0.1) is 11.3 Å².